The van der Waals surface area contributed by atoms with Crippen molar-refractivity contribution in [2.45, 2.75) is 24.8 Å². The van der Waals surface area contributed by atoms with Gasteiger partial charge in [0, 0.05) is 22.0 Å². The monoisotopic (exact) mass is 392 g/mol. The van der Waals surface area contributed by atoms with Crippen molar-refractivity contribution in [1.82, 2.24) is 9.55 Å². The van der Waals surface area contributed by atoms with Crippen LogP contribution in [-0.2, 0) is 6.54 Å². The zero-order chi connectivity index (χ0) is 18.6. The minimum Gasteiger partial charge on any atom is -0.319 e. The van der Waals surface area contributed by atoms with Gasteiger partial charge in [-0.2, -0.15) is 0 Å². The van der Waals surface area contributed by atoms with Gasteiger partial charge in [0.1, 0.15) is 5.82 Å². The van der Waals surface area contributed by atoms with E-state index in [4.69, 9.17) is 16.6 Å². The van der Waals surface area contributed by atoms with Crippen LogP contribution in [0.15, 0.2) is 77.7 Å². The lowest BCUT2D eigenvalue weighted by Gasteiger charge is -2.10. The molecule has 4 heteroatoms. The van der Waals surface area contributed by atoms with Crippen molar-refractivity contribution in [3.63, 3.8) is 0 Å². The molecule has 0 aliphatic rings. The maximum Gasteiger partial charge on any atom is 0.141 e. The molecule has 0 saturated carbocycles. The molecule has 0 radical (unpaired) electrons. The highest BCUT2D eigenvalue weighted by molar-refractivity contribution is 7.99. The van der Waals surface area contributed by atoms with Crippen LogP contribution in [0.4, 0.5) is 0 Å². The number of rotatable bonds is 6. The van der Waals surface area contributed by atoms with Crippen LogP contribution in [0.3, 0.4) is 0 Å². The Morgan fingerprint density at radius 2 is 1.74 bits per heavy atom. The van der Waals surface area contributed by atoms with E-state index in [9.17, 15) is 0 Å². The summed E-state index contributed by atoms with van der Waals surface area (Å²) in [7, 11) is 0. The van der Waals surface area contributed by atoms with Crippen molar-refractivity contribution in [2.75, 3.05) is 5.75 Å². The lowest BCUT2D eigenvalue weighted by atomic mass is 10.2. The van der Waals surface area contributed by atoms with Gasteiger partial charge in [-0.1, -0.05) is 61.0 Å². The first-order chi connectivity index (χ1) is 13.2. The van der Waals surface area contributed by atoms with Crippen LogP contribution < -0.4 is 0 Å². The molecule has 0 bridgehead atoms. The van der Waals surface area contributed by atoms with Crippen molar-refractivity contribution in [3.8, 4) is 11.4 Å². The second kappa shape index (κ2) is 8.20. The van der Waals surface area contributed by atoms with Gasteiger partial charge in [0.05, 0.1) is 11.0 Å². The van der Waals surface area contributed by atoms with E-state index >= 15 is 0 Å². The molecule has 0 unspecified atom stereocenters. The van der Waals surface area contributed by atoms with Crippen LogP contribution in [0.1, 0.15) is 18.9 Å². The first kappa shape index (κ1) is 18.1. The molecule has 2 nitrogen and oxygen atoms in total. The van der Waals surface area contributed by atoms with Gasteiger partial charge in [-0.15, -0.1) is 11.8 Å². The smallest absolute Gasteiger partial charge is 0.141 e. The normalized spacial score (nSPS) is 11.2. The first-order valence-electron chi connectivity index (χ1n) is 9.17. The quantitative estimate of drug-likeness (QED) is 0.332. The molecule has 0 aliphatic carbocycles. The average Bonchev–Trinajstić information content (AvgIpc) is 3.06. The summed E-state index contributed by atoms with van der Waals surface area (Å²) in [4.78, 5) is 6.24. The van der Waals surface area contributed by atoms with E-state index in [0.717, 1.165) is 34.2 Å². The molecule has 0 amide bonds. The van der Waals surface area contributed by atoms with Crippen molar-refractivity contribution in [2.24, 2.45) is 0 Å². The number of nitrogens with zero attached hydrogens (tertiary/aromatic N) is 2. The first-order valence-corrected chi connectivity index (χ1v) is 10.5. The summed E-state index contributed by atoms with van der Waals surface area (Å²) in [6.07, 6.45) is 1.17. The maximum absolute atomic E-state index is 6.06. The van der Waals surface area contributed by atoms with Crippen LogP contribution in [0.2, 0.25) is 5.02 Å². The van der Waals surface area contributed by atoms with Crippen molar-refractivity contribution in [1.29, 1.82) is 0 Å². The predicted octanol–water partition coefficient (Wildman–Crippen LogP) is 6.91. The zero-order valence-corrected chi connectivity index (χ0v) is 16.8. The molecular weight excluding hydrogens is 372 g/mol. The van der Waals surface area contributed by atoms with E-state index in [2.05, 4.69) is 66.1 Å². The minimum absolute atomic E-state index is 0.760. The van der Waals surface area contributed by atoms with E-state index in [-0.39, 0.29) is 0 Å². The fourth-order valence-electron chi connectivity index (χ4n) is 3.15. The molecule has 0 fully saturated rings. The number of halogens is 1. The summed E-state index contributed by atoms with van der Waals surface area (Å²) in [5.74, 6) is 2.13. The Morgan fingerprint density at radius 3 is 2.48 bits per heavy atom. The van der Waals surface area contributed by atoms with Gasteiger partial charge in [0.15, 0.2) is 0 Å². The molecular formula is C23H21ClN2S. The fraction of sp³-hybridized carbons (Fsp3) is 0.174. The Balaban J connectivity index is 1.83. The van der Waals surface area contributed by atoms with Crippen LogP contribution in [0.5, 0.6) is 0 Å². The van der Waals surface area contributed by atoms with Gasteiger partial charge < -0.3 is 4.57 Å². The molecule has 1 heterocycles. The molecule has 0 aliphatic heterocycles. The molecule has 1 aromatic heterocycles. The lowest BCUT2D eigenvalue weighted by molar-refractivity contribution is 0.833. The molecule has 4 aromatic rings. The van der Waals surface area contributed by atoms with Gasteiger partial charge >= 0.3 is 0 Å². The number of hydrogen-bond acceptors (Lipinski definition) is 2. The summed E-state index contributed by atoms with van der Waals surface area (Å²) in [6.45, 7) is 2.98. The molecule has 3 aromatic carbocycles. The third-order valence-corrected chi connectivity index (χ3v) is 5.93. The summed E-state index contributed by atoms with van der Waals surface area (Å²) in [5, 5.41) is 0.760. The number of aromatic nitrogens is 2. The zero-order valence-electron chi connectivity index (χ0n) is 15.2. The van der Waals surface area contributed by atoms with Crippen LogP contribution in [-0.4, -0.2) is 15.3 Å². The second-order valence-corrected chi connectivity index (χ2v) is 8.12. The number of benzene rings is 3. The minimum atomic E-state index is 0.760. The molecule has 4 rings (SSSR count). The van der Waals surface area contributed by atoms with E-state index in [1.54, 1.807) is 0 Å². The average molecular weight is 393 g/mol. The second-order valence-electron chi connectivity index (χ2n) is 6.51. The Labute approximate surface area is 169 Å². The van der Waals surface area contributed by atoms with Gasteiger partial charge in [0.2, 0.25) is 0 Å². The largest absolute Gasteiger partial charge is 0.319 e. The van der Waals surface area contributed by atoms with Gasteiger partial charge in [0.25, 0.3) is 0 Å². The molecule has 0 atom stereocenters. The fourth-order valence-corrected chi connectivity index (χ4v) is 4.08. The Bertz CT molecular complexity index is 1040. The highest BCUT2D eigenvalue weighted by atomic mass is 35.5. The van der Waals surface area contributed by atoms with E-state index < -0.39 is 0 Å². The van der Waals surface area contributed by atoms with Crippen LogP contribution in [0, 0.1) is 0 Å². The van der Waals surface area contributed by atoms with E-state index in [1.807, 2.05) is 30.0 Å². The Morgan fingerprint density at radius 1 is 0.963 bits per heavy atom. The SMILES string of the molecule is CCCSc1ccc2nc(-c3ccccc3)n(Cc3ccc(Cl)cc3)c2c1. The molecule has 0 spiro atoms. The van der Waals surface area contributed by atoms with Gasteiger partial charge in [-0.25, -0.2) is 4.98 Å². The third-order valence-electron chi connectivity index (χ3n) is 4.48. The van der Waals surface area contributed by atoms with Crippen LogP contribution in [0.25, 0.3) is 22.4 Å². The standard InChI is InChI=1S/C23H21ClN2S/c1-2-14-27-20-12-13-21-22(15-20)26(16-17-8-10-19(24)11-9-17)23(25-21)18-6-4-3-5-7-18/h3-13,15H,2,14,16H2,1H3. The van der Waals surface area contributed by atoms with Crippen molar-refractivity contribution < 1.29 is 0 Å². The summed E-state index contributed by atoms with van der Waals surface area (Å²) < 4.78 is 2.31. The molecule has 0 N–H and O–H groups in total. The third kappa shape index (κ3) is 4.05. The number of hydrogen-bond donors (Lipinski definition) is 0. The summed E-state index contributed by atoms with van der Waals surface area (Å²) in [6, 6.07) is 25.0. The lowest BCUT2D eigenvalue weighted by Crippen LogP contribution is -2.02. The van der Waals surface area contributed by atoms with Crippen LogP contribution >= 0.6 is 23.4 Å². The summed E-state index contributed by atoms with van der Waals surface area (Å²) in [5.41, 5.74) is 4.54. The highest BCUT2D eigenvalue weighted by Crippen LogP contribution is 2.29. The van der Waals surface area contributed by atoms with Gasteiger partial charge in [-0.05, 0) is 48.1 Å². The Hall–Kier alpha value is -2.23. The maximum atomic E-state index is 6.06. The highest BCUT2D eigenvalue weighted by Gasteiger charge is 2.13. The predicted molar refractivity (Wildman–Crippen MR) is 117 cm³/mol. The van der Waals surface area contributed by atoms with Crippen molar-refractivity contribution >= 4 is 34.4 Å². The molecule has 27 heavy (non-hydrogen) atoms. The van der Waals surface area contributed by atoms with E-state index in [1.165, 1.54) is 22.4 Å². The van der Waals surface area contributed by atoms with Gasteiger partial charge in [-0.3, -0.25) is 0 Å². The van der Waals surface area contributed by atoms with Crippen molar-refractivity contribution in [3.05, 3.63) is 83.4 Å². The molecule has 0 saturated heterocycles. The number of thioether (sulfide) groups is 1. The number of fused-ring (bicyclic) bond motifs is 1. The number of imidazole rings is 1. The van der Waals surface area contributed by atoms with E-state index in [0.29, 0.717) is 0 Å². The molecule has 136 valence electrons. The topological polar surface area (TPSA) is 17.8 Å². The Kier molecular flexibility index (Phi) is 5.51. The summed E-state index contributed by atoms with van der Waals surface area (Å²) >= 11 is 7.96.